The first-order valence-corrected chi connectivity index (χ1v) is 10.5. The number of carbonyl (C=O) groups is 2. The first kappa shape index (κ1) is 22.0. The molecule has 0 radical (unpaired) electrons. The minimum Gasteiger partial charge on any atom is -0.465 e. The van der Waals surface area contributed by atoms with Crippen LogP contribution in [-0.4, -0.2) is 34.5 Å². The molecule has 0 saturated carbocycles. The van der Waals surface area contributed by atoms with Gasteiger partial charge in [-0.1, -0.05) is 30.3 Å². The zero-order valence-corrected chi connectivity index (χ0v) is 17.5. The highest BCUT2D eigenvalue weighted by atomic mass is 32.2. The maximum Gasteiger partial charge on any atom is 0.339 e. The van der Waals surface area contributed by atoms with E-state index in [2.05, 4.69) is 5.32 Å². The predicted molar refractivity (Wildman–Crippen MR) is 114 cm³/mol. The van der Waals surface area contributed by atoms with E-state index in [1.807, 2.05) is 0 Å². The fraction of sp³-hybridized carbons (Fsp3) is 0.0909. The molecular weight excluding hydrogens is 423 g/mol. The van der Waals surface area contributed by atoms with Crippen LogP contribution >= 0.6 is 0 Å². The molecule has 3 aromatic carbocycles. The number of carbonyl (C=O) groups excluding carboxylic acids is 2. The van der Waals surface area contributed by atoms with Gasteiger partial charge in [0.25, 0.3) is 15.9 Å². The SMILES string of the molecule is COC(=O)c1ccccc1NC(=O)c1cccc(S(=O)(=O)N(C)c2ccccc2F)c1. The number of benzene rings is 3. The number of hydrogen-bond donors (Lipinski definition) is 1. The van der Waals surface area contributed by atoms with E-state index in [9.17, 15) is 22.4 Å². The molecule has 0 unspecified atom stereocenters. The largest absolute Gasteiger partial charge is 0.465 e. The lowest BCUT2D eigenvalue weighted by atomic mass is 10.1. The molecule has 3 aromatic rings. The molecule has 0 aliphatic rings. The van der Waals surface area contributed by atoms with Crippen molar-refractivity contribution in [1.29, 1.82) is 0 Å². The monoisotopic (exact) mass is 442 g/mol. The Morgan fingerprint density at radius 1 is 0.968 bits per heavy atom. The van der Waals surface area contributed by atoms with Gasteiger partial charge >= 0.3 is 5.97 Å². The van der Waals surface area contributed by atoms with Crippen LogP contribution in [0, 0.1) is 5.82 Å². The molecule has 0 saturated heterocycles. The van der Waals surface area contributed by atoms with Gasteiger partial charge in [0.2, 0.25) is 0 Å². The lowest BCUT2D eigenvalue weighted by molar-refractivity contribution is 0.0602. The molecule has 31 heavy (non-hydrogen) atoms. The van der Waals surface area contributed by atoms with Gasteiger partial charge in [-0.15, -0.1) is 0 Å². The molecule has 7 nitrogen and oxygen atoms in total. The third-order valence-electron chi connectivity index (χ3n) is 4.53. The molecule has 160 valence electrons. The number of sulfonamides is 1. The van der Waals surface area contributed by atoms with Crippen molar-refractivity contribution in [2.75, 3.05) is 23.8 Å². The summed E-state index contributed by atoms with van der Waals surface area (Å²) in [5.74, 6) is -1.94. The molecule has 1 amide bonds. The molecule has 9 heteroatoms. The number of nitrogens with one attached hydrogen (secondary N) is 1. The fourth-order valence-corrected chi connectivity index (χ4v) is 4.12. The Kier molecular flexibility index (Phi) is 6.36. The first-order valence-electron chi connectivity index (χ1n) is 9.08. The number of para-hydroxylation sites is 2. The van der Waals surface area contributed by atoms with E-state index in [1.54, 1.807) is 12.1 Å². The number of nitrogens with zero attached hydrogens (tertiary/aromatic N) is 1. The van der Waals surface area contributed by atoms with E-state index in [0.29, 0.717) is 0 Å². The molecule has 0 heterocycles. The molecule has 1 N–H and O–H groups in total. The van der Waals surface area contributed by atoms with Crippen LogP contribution in [0.15, 0.2) is 77.7 Å². The van der Waals surface area contributed by atoms with Gasteiger partial charge in [-0.05, 0) is 42.5 Å². The van der Waals surface area contributed by atoms with E-state index in [1.165, 1.54) is 68.8 Å². The Morgan fingerprint density at radius 2 is 1.65 bits per heavy atom. The molecule has 0 aromatic heterocycles. The van der Waals surface area contributed by atoms with Crippen LogP contribution in [0.1, 0.15) is 20.7 Å². The van der Waals surface area contributed by atoms with Gasteiger partial charge in [0.15, 0.2) is 0 Å². The maximum atomic E-state index is 14.1. The van der Waals surface area contributed by atoms with Crippen molar-refractivity contribution in [2.45, 2.75) is 4.90 Å². The number of ether oxygens (including phenoxy) is 1. The third-order valence-corrected chi connectivity index (χ3v) is 6.29. The minimum atomic E-state index is -4.13. The molecule has 0 spiro atoms. The zero-order valence-electron chi connectivity index (χ0n) is 16.7. The number of anilines is 2. The molecule has 3 rings (SSSR count). The van der Waals surface area contributed by atoms with Crippen molar-refractivity contribution < 1.29 is 27.1 Å². The number of methoxy groups -OCH3 is 1. The molecule has 0 fully saturated rings. The van der Waals surface area contributed by atoms with Gasteiger partial charge in [-0.3, -0.25) is 9.10 Å². The molecule has 0 aliphatic carbocycles. The minimum absolute atomic E-state index is 0.0441. The van der Waals surface area contributed by atoms with E-state index in [0.717, 1.165) is 10.4 Å². The topological polar surface area (TPSA) is 92.8 Å². The van der Waals surface area contributed by atoms with Gasteiger partial charge < -0.3 is 10.1 Å². The summed E-state index contributed by atoms with van der Waals surface area (Å²) in [5.41, 5.74) is 0.296. The number of esters is 1. The average molecular weight is 442 g/mol. The quantitative estimate of drug-likeness (QED) is 0.588. The van der Waals surface area contributed by atoms with Crippen LogP contribution in [0.4, 0.5) is 15.8 Å². The average Bonchev–Trinajstić information content (AvgIpc) is 2.78. The van der Waals surface area contributed by atoms with Crippen LogP contribution in [0.25, 0.3) is 0 Å². The van der Waals surface area contributed by atoms with E-state index < -0.39 is 27.7 Å². The number of hydrogen-bond acceptors (Lipinski definition) is 5. The van der Waals surface area contributed by atoms with Crippen LogP contribution in [0.2, 0.25) is 0 Å². The highest BCUT2D eigenvalue weighted by Gasteiger charge is 2.24. The van der Waals surface area contributed by atoms with E-state index in [4.69, 9.17) is 4.74 Å². The smallest absolute Gasteiger partial charge is 0.339 e. The van der Waals surface area contributed by atoms with Crippen molar-refractivity contribution in [2.24, 2.45) is 0 Å². The number of amides is 1. The zero-order chi connectivity index (χ0) is 22.6. The van der Waals surface area contributed by atoms with Crippen LogP contribution in [0.5, 0.6) is 0 Å². The lowest BCUT2D eigenvalue weighted by Crippen LogP contribution is -2.27. The summed E-state index contributed by atoms with van der Waals surface area (Å²) < 4.78 is 45.5. The normalized spacial score (nSPS) is 10.9. The summed E-state index contributed by atoms with van der Waals surface area (Å²) in [6.45, 7) is 0. The van der Waals surface area contributed by atoms with E-state index in [-0.39, 0.29) is 27.4 Å². The highest BCUT2D eigenvalue weighted by molar-refractivity contribution is 7.92. The summed E-state index contributed by atoms with van der Waals surface area (Å²) >= 11 is 0. The van der Waals surface area contributed by atoms with E-state index >= 15 is 0 Å². The standard InChI is InChI=1S/C22H19FN2O5S/c1-25(20-13-6-4-11-18(20)23)31(28,29)16-9-7-8-15(14-16)21(26)24-19-12-5-3-10-17(19)22(27)30-2/h3-14H,1-2H3,(H,24,26). The van der Waals surface area contributed by atoms with Gasteiger partial charge in [-0.2, -0.15) is 0 Å². The summed E-state index contributed by atoms with van der Waals surface area (Å²) in [4.78, 5) is 24.4. The maximum absolute atomic E-state index is 14.1. The molecule has 0 aliphatic heterocycles. The van der Waals surface area contributed by atoms with Crippen molar-refractivity contribution in [1.82, 2.24) is 0 Å². The Morgan fingerprint density at radius 3 is 2.35 bits per heavy atom. The lowest BCUT2D eigenvalue weighted by Gasteiger charge is -2.20. The predicted octanol–water partition coefficient (Wildman–Crippen LogP) is 3.69. The van der Waals surface area contributed by atoms with Crippen LogP contribution in [0.3, 0.4) is 0 Å². The second-order valence-electron chi connectivity index (χ2n) is 6.44. The van der Waals surface area contributed by atoms with Crippen molar-refractivity contribution >= 4 is 33.3 Å². The third kappa shape index (κ3) is 4.56. The van der Waals surface area contributed by atoms with Crippen LogP contribution < -0.4 is 9.62 Å². The van der Waals surface area contributed by atoms with Gasteiger partial charge in [0.1, 0.15) is 5.82 Å². The Hall–Kier alpha value is -3.72. The highest BCUT2D eigenvalue weighted by Crippen LogP contribution is 2.25. The van der Waals surface area contributed by atoms with Gasteiger partial charge in [0, 0.05) is 12.6 Å². The van der Waals surface area contributed by atoms with Gasteiger partial charge in [-0.25, -0.2) is 17.6 Å². The van der Waals surface area contributed by atoms with Crippen molar-refractivity contribution in [3.63, 3.8) is 0 Å². The number of rotatable bonds is 6. The second kappa shape index (κ2) is 8.97. The Balaban J connectivity index is 1.91. The Bertz CT molecular complexity index is 1240. The van der Waals surface area contributed by atoms with Crippen molar-refractivity contribution in [3.8, 4) is 0 Å². The van der Waals surface area contributed by atoms with Crippen molar-refractivity contribution in [3.05, 3.63) is 89.7 Å². The fourth-order valence-electron chi connectivity index (χ4n) is 2.87. The summed E-state index contributed by atoms with van der Waals surface area (Å²) in [7, 11) is -1.68. The summed E-state index contributed by atoms with van der Waals surface area (Å²) in [5, 5.41) is 2.58. The molecule has 0 atom stereocenters. The van der Waals surface area contributed by atoms with Gasteiger partial charge in [0.05, 0.1) is 28.9 Å². The summed E-state index contributed by atoms with van der Waals surface area (Å²) in [6, 6.07) is 17.1. The second-order valence-corrected chi connectivity index (χ2v) is 8.41. The van der Waals surface area contributed by atoms with Crippen LogP contribution in [-0.2, 0) is 14.8 Å². The summed E-state index contributed by atoms with van der Waals surface area (Å²) in [6.07, 6.45) is 0. The molecular formula is C22H19FN2O5S. The Labute approximate surface area is 179 Å². The first-order chi connectivity index (χ1) is 14.8. The molecule has 0 bridgehead atoms. The number of halogens is 1.